The molecule has 2 aromatic carbocycles. The third kappa shape index (κ3) is 2.65. The zero-order chi connectivity index (χ0) is 20.0. The van der Waals surface area contributed by atoms with Crippen LogP contribution in [0.15, 0.2) is 36.4 Å². The van der Waals surface area contributed by atoms with Crippen molar-refractivity contribution in [3.63, 3.8) is 0 Å². The quantitative estimate of drug-likeness (QED) is 0.388. The van der Waals surface area contributed by atoms with Gasteiger partial charge < -0.3 is 9.47 Å². The van der Waals surface area contributed by atoms with E-state index in [9.17, 15) is 19.2 Å². The maximum atomic E-state index is 13.3. The van der Waals surface area contributed by atoms with Crippen LogP contribution in [0, 0.1) is 0 Å². The second-order valence-corrected chi connectivity index (χ2v) is 6.64. The number of ketones is 2. The molecule has 0 saturated heterocycles. The maximum Gasteiger partial charge on any atom is 0.308 e. The predicted molar refractivity (Wildman–Crippen MR) is 98.9 cm³/mol. The van der Waals surface area contributed by atoms with Crippen molar-refractivity contribution in [1.82, 2.24) is 0 Å². The van der Waals surface area contributed by atoms with E-state index in [1.165, 1.54) is 13.8 Å². The zero-order valence-electron chi connectivity index (χ0n) is 15.3. The number of allylic oxidation sites excluding steroid dienone is 2. The third-order valence-corrected chi connectivity index (χ3v) is 4.79. The van der Waals surface area contributed by atoms with Crippen molar-refractivity contribution in [3.05, 3.63) is 69.8 Å². The van der Waals surface area contributed by atoms with Crippen molar-refractivity contribution < 1.29 is 28.7 Å². The van der Waals surface area contributed by atoms with E-state index in [2.05, 4.69) is 0 Å². The van der Waals surface area contributed by atoms with Crippen molar-refractivity contribution in [2.24, 2.45) is 0 Å². The van der Waals surface area contributed by atoms with Gasteiger partial charge in [-0.25, -0.2) is 0 Å². The molecule has 0 saturated carbocycles. The number of esters is 2. The highest BCUT2D eigenvalue weighted by Gasteiger charge is 2.39. The summed E-state index contributed by atoms with van der Waals surface area (Å²) >= 11 is 0. The first kappa shape index (κ1) is 17.9. The standard InChI is InChI=1S/C22H16O6/c1-11(23)27-21-15-9-5-6-10-16(15)22(28-12(2)24)18-17(21)19(25)13-7-3-4-8-14(13)20(18)26/h3-8H,9-10H2,1-2H3. The molecule has 0 atom stereocenters. The van der Waals surface area contributed by atoms with Crippen molar-refractivity contribution in [2.45, 2.75) is 26.7 Å². The van der Waals surface area contributed by atoms with E-state index < -0.39 is 23.5 Å². The number of benzene rings is 2. The number of rotatable bonds is 2. The van der Waals surface area contributed by atoms with Crippen LogP contribution in [0.1, 0.15) is 56.8 Å². The van der Waals surface area contributed by atoms with Crippen LogP contribution >= 0.6 is 0 Å². The van der Waals surface area contributed by atoms with E-state index in [-0.39, 0.29) is 33.8 Å². The molecule has 0 fully saturated rings. The summed E-state index contributed by atoms with van der Waals surface area (Å²) in [6.45, 7) is 2.47. The summed E-state index contributed by atoms with van der Waals surface area (Å²) in [5.74, 6) is -1.92. The number of ether oxygens (including phenoxy) is 2. The van der Waals surface area contributed by atoms with Crippen molar-refractivity contribution in [1.29, 1.82) is 0 Å². The van der Waals surface area contributed by atoms with E-state index in [1.54, 1.807) is 24.3 Å². The van der Waals surface area contributed by atoms with E-state index in [4.69, 9.17) is 9.47 Å². The van der Waals surface area contributed by atoms with E-state index in [0.29, 0.717) is 24.0 Å². The lowest BCUT2D eigenvalue weighted by atomic mass is 9.79. The van der Waals surface area contributed by atoms with Gasteiger partial charge in [0, 0.05) is 36.1 Å². The first-order valence-corrected chi connectivity index (χ1v) is 8.82. The molecule has 2 aromatic rings. The molecule has 0 spiro atoms. The lowest BCUT2D eigenvalue weighted by Crippen LogP contribution is -2.26. The molecule has 0 radical (unpaired) electrons. The number of fused-ring (bicyclic) bond motifs is 3. The Morgan fingerprint density at radius 1 is 0.750 bits per heavy atom. The summed E-state index contributed by atoms with van der Waals surface area (Å²) in [5.41, 5.74) is 1.57. The second kappa shape index (κ2) is 6.56. The summed E-state index contributed by atoms with van der Waals surface area (Å²) in [7, 11) is 0. The molecule has 6 nitrogen and oxygen atoms in total. The lowest BCUT2D eigenvalue weighted by Gasteiger charge is -2.27. The summed E-state index contributed by atoms with van der Waals surface area (Å²) in [6, 6.07) is 6.44. The second-order valence-electron chi connectivity index (χ2n) is 6.64. The summed E-state index contributed by atoms with van der Waals surface area (Å²) in [6.07, 6.45) is 4.54. The van der Waals surface area contributed by atoms with E-state index in [1.807, 2.05) is 12.2 Å². The molecule has 0 bridgehead atoms. The molecule has 28 heavy (non-hydrogen) atoms. The van der Waals surface area contributed by atoms with Gasteiger partial charge in [0.1, 0.15) is 11.5 Å². The van der Waals surface area contributed by atoms with E-state index >= 15 is 0 Å². The Bertz CT molecular complexity index is 1020. The molecule has 140 valence electrons. The monoisotopic (exact) mass is 376 g/mol. The summed E-state index contributed by atoms with van der Waals surface area (Å²) in [5, 5.41) is 0. The van der Waals surface area contributed by atoms with Crippen molar-refractivity contribution >= 4 is 23.5 Å². The number of hydrogen-bond donors (Lipinski definition) is 0. The van der Waals surface area contributed by atoms with Crippen LogP contribution in [0.2, 0.25) is 0 Å². The van der Waals surface area contributed by atoms with Gasteiger partial charge in [-0.1, -0.05) is 36.4 Å². The molecule has 0 aromatic heterocycles. The molecule has 2 aliphatic rings. The van der Waals surface area contributed by atoms with Crippen LogP contribution in [0.5, 0.6) is 11.5 Å². The largest absolute Gasteiger partial charge is 0.426 e. The number of hydrogen-bond acceptors (Lipinski definition) is 6. The molecule has 0 N–H and O–H groups in total. The third-order valence-electron chi connectivity index (χ3n) is 4.79. The fraction of sp³-hybridized carbons (Fsp3) is 0.182. The Labute approximate surface area is 160 Å². The molecule has 0 heterocycles. The smallest absolute Gasteiger partial charge is 0.308 e. The van der Waals surface area contributed by atoms with Gasteiger partial charge in [-0.05, 0) is 12.8 Å². The average molecular weight is 376 g/mol. The van der Waals surface area contributed by atoms with Gasteiger partial charge in [0.25, 0.3) is 0 Å². The van der Waals surface area contributed by atoms with Crippen LogP contribution < -0.4 is 9.47 Å². The Hall–Kier alpha value is -3.54. The fourth-order valence-corrected chi connectivity index (χ4v) is 3.73. The van der Waals surface area contributed by atoms with Gasteiger partial charge in [0.15, 0.2) is 11.6 Å². The highest BCUT2D eigenvalue weighted by molar-refractivity contribution is 6.30. The number of carbonyl (C=O) groups excluding carboxylic acids is 4. The molecular formula is C22H16O6. The zero-order valence-corrected chi connectivity index (χ0v) is 15.3. The molecule has 4 rings (SSSR count). The van der Waals surface area contributed by atoms with Gasteiger partial charge >= 0.3 is 11.9 Å². The molecule has 6 heteroatoms. The Kier molecular flexibility index (Phi) is 4.19. The topological polar surface area (TPSA) is 86.7 Å². The molecule has 2 aliphatic carbocycles. The minimum Gasteiger partial charge on any atom is -0.426 e. The van der Waals surface area contributed by atoms with Gasteiger partial charge in [0.05, 0.1) is 11.1 Å². The predicted octanol–water partition coefficient (Wildman–Crippen LogP) is 2.97. The van der Waals surface area contributed by atoms with Crippen LogP contribution in [-0.2, 0) is 22.4 Å². The molecular weight excluding hydrogens is 360 g/mol. The van der Waals surface area contributed by atoms with Gasteiger partial charge in [-0.2, -0.15) is 0 Å². The fourth-order valence-electron chi connectivity index (χ4n) is 3.73. The van der Waals surface area contributed by atoms with Crippen LogP contribution in [-0.4, -0.2) is 23.5 Å². The SMILES string of the molecule is CC(=O)Oc1c2c(c(OC(C)=O)c3c1C(=O)c1ccccc1C3=O)CC=CC2. The summed E-state index contributed by atoms with van der Waals surface area (Å²) < 4.78 is 10.8. The lowest BCUT2D eigenvalue weighted by molar-refractivity contribution is -0.133. The summed E-state index contributed by atoms with van der Waals surface area (Å²) in [4.78, 5) is 50.1. The first-order valence-electron chi connectivity index (χ1n) is 8.82. The first-order chi connectivity index (χ1) is 13.4. The van der Waals surface area contributed by atoms with Crippen LogP contribution in [0.3, 0.4) is 0 Å². The minimum atomic E-state index is -0.599. The minimum absolute atomic E-state index is 0.0239. The highest BCUT2D eigenvalue weighted by atomic mass is 16.5. The maximum absolute atomic E-state index is 13.3. The molecule has 0 amide bonds. The van der Waals surface area contributed by atoms with Gasteiger partial charge in [-0.3, -0.25) is 19.2 Å². The van der Waals surface area contributed by atoms with E-state index in [0.717, 1.165) is 0 Å². The van der Waals surface area contributed by atoms with Crippen molar-refractivity contribution in [3.8, 4) is 11.5 Å². The number of carbonyl (C=O) groups is 4. The Morgan fingerprint density at radius 3 is 1.50 bits per heavy atom. The molecule has 0 aliphatic heterocycles. The highest BCUT2D eigenvalue weighted by Crippen LogP contribution is 2.45. The van der Waals surface area contributed by atoms with Crippen LogP contribution in [0.25, 0.3) is 0 Å². The van der Waals surface area contributed by atoms with Gasteiger partial charge in [-0.15, -0.1) is 0 Å². The Morgan fingerprint density at radius 2 is 1.14 bits per heavy atom. The normalized spacial score (nSPS) is 14.1. The van der Waals surface area contributed by atoms with Gasteiger partial charge in [0.2, 0.25) is 0 Å². The van der Waals surface area contributed by atoms with Crippen LogP contribution in [0.4, 0.5) is 0 Å². The molecule has 0 unspecified atom stereocenters. The Balaban J connectivity index is 2.12. The average Bonchev–Trinajstić information content (AvgIpc) is 2.67. The van der Waals surface area contributed by atoms with Crippen molar-refractivity contribution in [2.75, 3.05) is 0 Å².